The number of carbonyl (C=O) groups excluding carboxylic acids is 1. The van der Waals surface area contributed by atoms with Crippen LogP contribution in [0.5, 0.6) is 0 Å². The minimum atomic E-state index is -0.582. The van der Waals surface area contributed by atoms with E-state index in [2.05, 4.69) is 20.9 Å². The van der Waals surface area contributed by atoms with Gasteiger partial charge in [-0.15, -0.1) is 0 Å². The highest BCUT2D eigenvalue weighted by Crippen LogP contribution is 2.53. The van der Waals surface area contributed by atoms with E-state index in [0.29, 0.717) is 34.7 Å². The first-order valence-corrected chi connectivity index (χ1v) is 8.83. The smallest absolute Gasteiger partial charge is 0.416 e. The highest BCUT2D eigenvalue weighted by Gasteiger charge is 2.52. The zero-order chi connectivity index (χ0) is 17.0. The number of aliphatic hydroxyl groups is 1. The second-order valence-corrected chi connectivity index (χ2v) is 8.59. The van der Waals surface area contributed by atoms with E-state index in [4.69, 9.17) is 16.3 Å². The third-order valence-corrected chi connectivity index (χ3v) is 5.62. The first-order chi connectivity index (χ1) is 10.6. The maximum Gasteiger partial charge on any atom is 0.416 e. The third-order valence-electron chi connectivity index (χ3n) is 4.40. The fraction of sp³-hybridized carbons (Fsp3) is 0.625. The molecule has 126 valence electrons. The van der Waals surface area contributed by atoms with Gasteiger partial charge in [-0.2, -0.15) is 0 Å². The summed E-state index contributed by atoms with van der Waals surface area (Å²) in [6.45, 7) is 5.94. The van der Waals surface area contributed by atoms with Crippen molar-refractivity contribution in [2.45, 2.75) is 57.2 Å². The van der Waals surface area contributed by atoms with Gasteiger partial charge in [0.1, 0.15) is 11.4 Å². The average molecular weight is 404 g/mol. The van der Waals surface area contributed by atoms with E-state index in [9.17, 15) is 9.90 Å². The number of hydrogen-bond donors (Lipinski definition) is 1. The number of nitrogens with zero attached hydrogens (tertiary/aromatic N) is 2. The minimum absolute atomic E-state index is 0.348. The Kier molecular flexibility index (Phi) is 4.14. The number of fused-ring (bicyclic) bond motifs is 2. The second-order valence-electron chi connectivity index (χ2n) is 7.36. The van der Waals surface area contributed by atoms with Gasteiger partial charge in [-0.1, -0.05) is 11.6 Å². The van der Waals surface area contributed by atoms with Gasteiger partial charge in [-0.3, -0.25) is 4.90 Å². The highest BCUT2D eigenvalue weighted by molar-refractivity contribution is 9.10. The number of hydrogen-bond acceptors (Lipinski definition) is 4. The normalized spacial score (nSPS) is 26.7. The molecule has 1 spiro atoms. The molecule has 0 saturated heterocycles. The molecule has 5 nitrogen and oxygen atoms in total. The van der Waals surface area contributed by atoms with Crippen molar-refractivity contribution in [1.29, 1.82) is 0 Å². The van der Waals surface area contributed by atoms with E-state index in [1.807, 2.05) is 20.8 Å². The Balaban J connectivity index is 2.05. The SMILES string of the molecule is CC(C)(C)OC(=O)N1C[C@@]2(CC[C@@H](O)C2)c2c1ncc(Br)c2Cl. The third kappa shape index (κ3) is 2.96. The number of aromatic nitrogens is 1. The molecule has 1 aliphatic carbocycles. The molecular weight excluding hydrogens is 384 g/mol. The van der Waals surface area contributed by atoms with E-state index in [0.717, 1.165) is 12.0 Å². The van der Waals surface area contributed by atoms with Crippen LogP contribution in [-0.2, 0) is 10.2 Å². The van der Waals surface area contributed by atoms with Gasteiger partial charge >= 0.3 is 6.09 Å². The Morgan fingerprint density at radius 2 is 2.26 bits per heavy atom. The van der Waals surface area contributed by atoms with Crippen LogP contribution in [0.25, 0.3) is 0 Å². The summed E-state index contributed by atoms with van der Waals surface area (Å²) in [5, 5.41) is 10.6. The number of carbonyl (C=O) groups is 1. The lowest BCUT2D eigenvalue weighted by atomic mass is 9.81. The van der Waals surface area contributed by atoms with Crippen LogP contribution in [-0.4, -0.2) is 34.4 Å². The van der Waals surface area contributed by atoms with Crippen LogP contribution in [0.2, 0.25) is 5.02 Å². The second kappa shape index (κ2) is 5.60. The quantitative estimate of drug-likeness (QED) is 0.710. The predicted molar refractivity (Wildman–Crippen MR) is 92.1 cm³/mol. The molecular formula is C16H20BrClN2O3. The number of anilines is 1. The molecule has 0 radical (unpaired) electrons. The zero-order valence-corrected chi connectivity index (χ0v) is 15.7. The van der Waals surface area contributed by atoms with Crippen molar-refractivity contribution in [2.24, 2.45) is 0 Å². The lowest BCUT2D eigenvalue weighted by Gasteiger charge is -2.27. The van der Waals surface area contributed by atoms with Crippen molar-refractivity contribution in [3.8, 4) is 0 Å². The molecule has 7 heteroatoms. The summed E-state index contributed by atoms with van der Waals surface area (Å²) in [4.78, 5) is 18.5. The fourth-order valence-electron chi connectivity index (χ4n) is 3.52. The Morgan fingerprint density at radius 3 is 2.83 bits per heavy atom. The summed E-state index contributed by atoms with van der Waals surface area (Å²) in [6.07, 6.45) is 2.85. The number of amides is 1. The van der Waals surface area contributed by atoms with E-state index in [1.165, 1.54) is 0 Å². The van der Waals surface area contributed by atoms with Crippen molar-refractivity contribution in [3.63, 3.8) is 0 Å². The first-order valence-electron chi connectivity index (χ1n) is 7.66. The summed E-state index contributed by atoms with van der Waals surface area (Å²) >= 11 is 9.92. The summed E-state index contributed by atoms with van der Waals surface area (Å²) in [5.74, 6) is 0.543. The monoisotopic (exact) mass is 402 g/mol. The van der Waals surface area contributed by atoms with Gasteiger partial charge in [0.2, 0.25) is 0 Å². The molecule has 2 atom stereocenters. The summed E-state index contributed by atoms with van der Waals surface area (Å²) in [7, 11) is 0. The molecule has 23 heavy (non-hydrogen) atoms. The molecule has 0 aromatic carbocycles. The van der Waals surface area contributed by atoms with E-state index in [-0.39, 0.29) is 11.5 Å². The van der Waals surface area contributed by atoms with Crippen molar-refractivity contribution in [3.05, 3.63) is 21.3 Å². The Bertz CT molecular complexity index is 661. The zero-order valence-electron chi connectivity index (χ0n) is 13.4. The number of ether oxygens (including phenoxy) is 1. The summed E-state index contributed by atoms with van der Waals surface area (Å²) < 4.78 is 6.21. The molecule has 1 aromatic heterocycles. The number of aliphatic hydroxyl groups excluding tert-OH is 1. The molecule has 2 aliphatic rings. The van der Waals surface area contributed by atoms with Crippen LogP contribution in [0.4, 0.5) is 10.6 Å². The molecule has 0 bridgehead atoms. The number of pyridine rings is 1. The highest BCUT2D eigenvalue weighted by atomic mass is 79.9. The van der Waals surface area contributed by atoms with Gasteiger partial charge in [-0.25, -0.2) is 9.78 Å². The molecule has 0 unspecified atom stereocenters. The Morgan fingerprint density at radius 1 is 1.57 bits per heavy atom. The van der Waals surface area contributed by atoms with Crippen LogP contribution in [0.1, 0.15) is 45.6 Å². The van der Waals surface area contributed by atoms with Gasteiger partial charge in [-0.05, 0) is 56.0 Å². The molecule has 1 amide bonds. The standard InChI is InChI=1S/C16H20BrClN2O3/c1-15(2,3)23-14(22)20-8-16(5-4-9(21)6-16)11-12(18)10(17)7-19-13(11)20/h7,9,21H,4-6,8H2,1-3H3/t9-,16+/m1/s1. The predicted octanol–water partition coefficient (Wildman–Crippen LogP) is 4.04. The van der Waals surface area contributed by atoms with E-state index >= 15 is 0 Å². The molecule has 1 saturated carbocycles. The van der Waals surface area contributed by atoms with E-state index < -0.39 is 11.7 Å². The van der Waals surface area contributed by atoms with Crippen LogP contribution >= 0.6 is 27.5 Å². The minimum Gasteiger partial charge on any atom is -0.443 e. The molecule has 2 heterocycles. The van der Waals surface area contributed by atoms with Crippen LogP contribution < -0.4 is 4.90 Å². The summed E-state index contributed by atoms with van der Waals surface area (Å²) in [5.41, 5.74) is -0.0862. The van der Waals surface area contributed by atoms with Crippen LogP contribution in [0.3, 0.4) is 0 Å². The number of rotatable bonds is 0. The average Bonchev–Trinajstić information content (AvgIpc) is 2.94. The first kappa shape index (κ1) is 17.0. The number of halogens is 2. The molecule has 3 rings (SSSR count). The van der Waals surface area contributed by atoms with Gasteiger partial charge in [0.25, 0.3) is 0 Å². The molecule has 1 fully saturated rings. The fourth-order valence-corrected chi connectivity index (χ4v) is 4.16. The van der Waals surface area contributed by atoms with Gasteiger partial charge in [0.05, 0.1) is 15.6 Å². The van der Waals surface area contributed by atoms with Crippen LogP contribution in [0, 0.1) is 0 Å². The Hall–Kier alpha value is -0.850. The van der Waals surface area contributed by atoms with Gasteiger partial charge in [0.15, 0.2) is 0 Å². The van der Waals surface area contributed by atoms with Gasteiger partial charge < -0.3 is 9.84 Å². The molecule has 1 aromatic rings. The van der Waals surface area contributed by atoms with Crippen LogP contribution in [0.15, 0.2) is 10.7 Å². The maximum atomic E-state index is 12.6. The maximum absolute atomic E-state index is 12.6. The topological polar surface area (TPSA) is 62.7 Å². The van der Waals surface area contributed by atoms with Crippen molar-refractivity contribution in [2.75, 3.05) is 11.4 Å². The van der Waals surface area contributed by atoms with Crippen molar-refractivity contribution in [1.82, 2.24) is 4.98 Å². The molecule has 1 aliphatic heterocycles. The summed E-state index contributed by atoms with van der Waals surface area (Å²) in [6, 6.07) is 0. The lowest BCUT2D eigenvalue weighted by Crippen LogP contribution is -2.39. The Labute approximate surface area is 149 Å². The van der Waals surface area contributed by atoms with E-state index in [1.54, 1.807) is 11.1 Å². The largest absolute Gasteiger partial charge is 0.443 e. The van der Waals surface area contributed by atoms with Crippen molar-refractivity contribution >= 4 is 39.4 Å². The van der Waals surface area contributed by atoms with Gasteiger partial charge in [0, 0.05) is 23.7 Å². The van der Waals surface area contributed by atoms with Crippen molar-refractivity contribution < 1.29 is 14.6 Å². The molecule has 1 N–H and O–H groups in total. The lowest BCUT2D eigenvalue weighted by molar-refractivity contribution is 0.0575.